The molecule has 2 heterocycles. The van der Waals surface area contributed by atoms with Gasteiger partial charge in [-0.3, -0.25) is 4.79 Å². The predicted molar refractivity (Wildman–Crippen MR) is 82.3 cm³/mol. The summed E-state index contributed by atoms with van der Waals surface area (Å²) in [5.41, 5.74) is 0.0560. The molecule has 1 aromatic carbocycles. The lowest BCUT2D eigenvalue weighted by atomic mass is 10.0. The van der Waals surface area contributed by atoms with E-state index in [0.29, 0.717) is 37.2 Å². The van der Waals surface area contributed by atoms with Crippen LogP contribution >= 0.6 is 0 Å². The Morgan fingerprint density at radius 3 is 2.73 bits per heavy atom. The first kappa shape index (κ1) is 15.4. The normalized spacial score (nSPS) is 25.9. The van der Waals surface area contributed by atoms with E-state index < -0.39 is 5.60 Å². The molecule has 2 saturated heterocycles. The van der Waals surface area contributed by atoms with E-state index in [2.05, 4.69) is 4.90 Å². The molecule has 2 aliphatic rings. The molecule has 1 atom stereocenters. The van der Waals surface area contributed by atoms with E-state index in [-0.39, 0.29) is 11.7 Å². The number of aliphatic hydroxyl groups is 1. The number of carbonyl (C=O) groups is 1. The first-order chi connectivity index (χ1) is 10.5. The number of benzene rings is 1. The second-order valence-corrected chi connectivity index (χ2v) is 6.65. The van der Waals surface area contributed by atoms with Gasteiger partial charge in [-0.2, -0.15) is 0 Å². The first-order valence-electron chi connectivity index (χ1n) is 7.97. The van der Waals surface area contributed by atoms with E-state index in [1.165, 1.54) is 18.9 Å². The number of carbonyl (C=O) groups excluding carboxylic acids is 1. The molecule has 1 amide bonds. The second kappa shape index (κ2) is 5.97. The lowest BCUT2D eigenvalue weighted by Gasteiger charge is -2.28. The lowest BCUT2D eigenvalue weighted by molar-refractivity contribution is 0.0175. The number of β-amino-alcohol motifs (C(OH)–C–C–N with tert-alkyl or cyclic N) is 1. The summed E-state index contributed by atoms with van der Waals surface area (Å²) in [4.78, 5) is 16.4. The van der Waals surface area contributed by atoms with Gasteiger partial charge in [-0.05, 0) is 57.0 Å². The van der Waals surface area contributed by atoms with Crippen LogP contribution in [-0.2, 0) is 0 Å². The highest BCUT2D eigenvalue weighted by atomic mass is 19.1. The van der Waals surface area contributed by atoms with Crippen molar-refractivity contribution in [3.8, 4) is 0 Å². The van der Waals surface area contributed by atoms with E-state index in [9.17, 15) is 14.3 Å². The first-order valence-corrected chi connectivity index (χ1v) is 7.97. The van der Waals surface area contributed by atoms with Crippen LogP contribution in [0, 0.1) is 12.7 Å². The van der Waals surface area contributed by atoms with Crippen LogP contribution in [0.25, 0.3) is 0 Å². The molecule has 0 bridgehead atoms. The number of amides is 1. The van der Waals surface area contributed by atoms with Crippen LogP contribution in [0.2, 0.25) is 0 Å². The molecule has 0 spiro atoms. The molecule has 4 nitrogen and oxygen atoms in total. The van der Waals surface area contributed by atoms with Gasteiger partial charge in [0.15, 0.2) is 0 Å². The summed E-state index contributed by atoms with van der Waals surface area (Å²) in [6.07, 6.45) is 2.95. The van der Waals surface area contributed by atoms with Crippen LogP contribution in [0.15, 0.2) is 18.2 Å². The molecule has 3 rings (SSSR count). The molecular formula is C17H23FN2O2. The van der Waals surface area contributed by atoms with Crippen molar-refractivity contribution in [2.24, 2.45) is 0 Å². The Labute approximate surface area is 130 Å². The number of rotatable bonds is 3. The lowest BCUT2D eigenvalue weighted by Crippen LogP contribution is -2.45. The van der Waals surface area contributed by atoms with Crippen molar-refractivity contribution in [3.63, 3.8) is 0 Å². The Balaban J connectivity index is 1.65. The summed E-state index contributed by atoms with van der Waals surface area (Å²) < 4.78 is 13.6. The van der Waals surface area contributed by atoms with E-state index in [1.54, 1.807) is 24.0 Å². The van der Waals surface area contributed by atoms with Crippen molar-refractivity contribution in [2.45, 2.75) is 31.8 Å². The zero-order valence-electron chi connectivity index (χ0n) is 13.0. The minimum Gasteiger partial charge on any atom is -0.387 e. The largest absolute Gasteiger partial charge is 0.387 e. The van der Waals surface area contributed by atoms with Crippen molar-refractivity contribution < 1.29 is 14.3 Å². The molecular weight excluding hydrogens is 283 g/mol. The Morgan fingerprint density at radius 2 is 2.05 bits per heavy atom. The fourth-order valence-electron chi connectivity index (χ4n) is 3.42. The Hall–Kier alpha value is -1.46. The van der Waals surface area contributed by atoms with Crippen LogP contribution in [0.3, 0.4) is 0 Å². The smallest absolute Gasteiger partial charge is 0.254 e. The van der Waals surface area contributed by atoms with E-state index in [4.69, 9.17) is 0 Å². The molecule has 5 heteroatoms. The highest BCUT2D eigenvalue weighted by Gasteiger charge is 2.40. The van der Waals surface area contributed by atoms with Gasteiger partial charge in [0, 0.05) is 18.7 Å². The van der Waals surface area contributed by atoms with Crippen molar-refractivity contribution in [2.75, 3.05) is 32.7 Å². The third-order valence-electron chi connectivity index (χ3n) is 4.75. The van der Waals surface area contributed by atoms with E-state index >= 15 is 0 Å². The fraction of sp³-hybridized carbons (Fsp3) is 0.588. The average Bonchev–Trinajstić information content (AvgIpc) is 3.11. The number of nitrogens with zero attached hydrogens (tertiary/aromatic N) is 2. The Bertz CT molecular complexity index is 572. The van der Waals surface area contributed by atoms with E-state index in [1.807, 2.05) is 0 Å². The zero-order chi connectivity index (χ0) is 15.7. The van der Waals surface area contributed by atoms with Gasteiger partial charge >= 0.3 is 0 Å². The summed E-state index contributed by atoms with van der Waals surface area (Å²) in [5.74, 6) is -0.561. The number of hydrogen-bond acceptors (Lipinski definition) is 3. The standard InChI is InChI=1S/C17H23FN2O2/c1-13-4-5-14(10-15(13)18)16(21)20-9-6-17(22,12-20)11-19-7-2-3-8-19/h4-5,10,22H,2-3,6-9,11-12H2,1H3/t17-/m0/s1. The predicted octanol–water partition coefficient (Wildman–Crippen LogP) is 1.81. The van der Waals surface area contributed by atoms with Crippen LogP contribution in [0.1, 0.15) is 35.2 Å². The third kappa shape index (κ3) is 3.15. The average molecular weight is 306 g/mol. The van der Waals surface area contributed by atoms with Gasteiger partial charge in [-0.25, -0.2) is 4.39 Å². The number of likely N-dealkylation sites (tertiary alicyclic amines) is 2. The molecule has 0 radical (unpaired) electrons. The quantitative estimate of drug-likeness (QED) is 0.926. The van der Waals surface area contributed by atoms with Gasteiger partial charge in [-0.15, -0.1) is 0 Å². The second-order valence-electron chi connectivity index (χ2n) is 6.65. The van der Waals surface area contributed by atoms with Gasteiger partial charge in [0.1, 0.15) is 5.82 Å². The maximum absolute atomic E-state index is 13.6. The molecule has 22 heavy (non-hydrogen) atoms. The minimum atomic E-state index is -0.830. The highest BCUT2D eigenvalue weighted by molar-refractivity contribution is 5.94. The molecule has 1 N–H and O–H groups in total. The molecule has 0 aliphatic carbocycles. The van der Waals surface area contributed by atoms with Crippen molar-refractivity contribution in [3.05, 3.63) is 35.1 Å². The zero-order valence-corrected chi connectivity index (χ0v) is 13.0. The van der Waals surface area contributed by atoms with Crippen LogP contribution < -0.4 is 0 Å². The van der Waals surface area contributed by atoms with Gasteiger partial charge in [0.2, 0.25) is 0 Å². The van der Waals surface area contributed by atoms with Crippen LogP contribution in [-0.4, -0.2) is 59.1 Å². The maximum Gasteiger partial charge on any atom is 0.254 e. The number of aryl methyl sites for hydroxylation is 1. The molecule has 2 aliphatic heterocycles. The summed E-state index contributed by atoms with van der Waals surface area (Å²) in [7, 11) is 0. The molecule has 0 unspecified atom stereocenters. The third-order valence-corrected chi connectivity index (χ3v) is 4.75. The van der Waals surface area contributed by atoms with Gasteiger partial charge < -0.3 is 14.9 Å². The summed E-state index contributed by atoms with van der Waals surface area (Å²) >= 11 is 0. The summed E-state index contributed by atoms with van der Waals surface area (Å²) in [6, 6.07) is 4.56. The van der Waals surface area contributed by atoms with Crippen LogP contribution in [0.5, 0.6) is 0 Å². The summed E-state index contributed by atoms with van der Waals surface area (Å²) in [6.45, 7) is 5.21. The monoisotopic (exact) mass is 306 g/mol. The molecule has 1 aromatic rings. The maximum atomic E-state index is 13.6. The number of hydrogen-bond donors (Lipinski definition) is 1. The van der Waals surface area contributed by atoms with Crippen molar-refractivity contribution >= 4 is 5.91 Å². The van der Waals surface area contributed by atoms with Gasteiger partial charge in [0.25, 0.3) is 5.91 Å². The Kier molecular flexibility index (Phi) is 4.19. The topological polar surface area (TPSA) is 43.8 Å². The number of halogens is 1. The summed E-state index contributed by atoms with van der Waals surface area (Å²) in [5, 5.41) is 10.7. The van der Waals surface area contributed by atoms with Crippen molar-refractivity contribution in [1.29, 1.82) is 0 Å². The SMILES string of the molecule is Cc1ccc(C(=O)N2CC[C@](O)(CN3CCCC3)C2)cc1F. The minimum absolute atomic E-state index is 0.198. The Morgan fingerprint density at radius 1 is 1.32 bits per heavy atom. The van der Waals surface area contributed by atoms with Crippen LogP contribution in [0.4, 0.5) is 4.39 Å². The van der Waals surface area contributed by atoms with Crippen molar-refractivity contribution in [1.82, 2.24) is 9.80 Å². The molecule has 0 aromatic heterocycles. The van der Waals surface area contributed by atoms with Gasteiger partial charge in [-0.1, -0.05) is 6.07 Å². The molecule has 120 valence electrons. The fourth-order valence-corrected chi connectivity index (χ4v) is 3.42. The highest BCUT2D eigenvalue weighted by Crippen LogP contribution is 2.26. The van der Waals surface area contributed by atoms with Gasteiger partial charge in [0.05, 0.1) is 12.1 Å². The molecule has 0 saturated carbocycles. The van der Waals surface area contributed by atoms with E-state index in [0.717, 1.165) is 13.1 Å². The molecule has 2 fully saturated rings.